The molecule has 130 valence electrons. The lowest BCUT2D eigenvalue weighted by Crippen LogP contribution is -1.95. The second-order valence-corrected chi connectivity index (χ2v) is 5.77. The molecule has 2 aromatic carbocycles. The molecule has 6 nitrogen and oxygen atoms in total. The van der Waals surface area contributed by atoms with Crippen LogP contribution < -0.4 is 10.1 Å². The lowest BCUT2D eigenvalue weighted by Gasteiger charge is -2.12. The molecule has 1 N–H and O–H groups in total. The second-order valence-electron chi connectivity index (χ2n) is 5.39. The molecule has 0 aliphatic rings. The SMILES string of the molecule is COc1c(-c2cnco2)ccc(Nc2ncc(-c3ccccc3)o2)c1Cl. The van der Waals surface area contributed by atoms with Gasteiger partial charge in [0.1, 0.15) is 5.02 Å². The maximum Gasteiger partial charge on any atom is 0.299 e. The van der Waals surface area contributed by atoms with E-state index in [4.69, 9.17) is 25.2 Å². The molecule has 0 fully saturated rings. The fraction of sp³-hybridized carbons (Fsp3) is 0.0526. The van der Waals surface area contributed by atoms with Crippen molar-refractivity contribution in [3.05, 3.63) is 66.3 Å². The van der Waals surface area contributed by atoms with Crippen molar-refractivity contribution in [3.63, 3.8) is 0 Å². The number of rotatable bonds is 5. The van der Waals surface area contributed by atoms with Crippen LogP contribution in [0.4, 0.5) is 11.7 Å². The van der Waals surface area contributed by atoms with E-state index < -0.39 is 0 Å². The molecular formula is C19H14ClN3O3. The molecule has 0 bridgehead atoms. The monoisotopic (exact) mass is 367 g/mol. The number of hydrogen-bond donors (Lipinski definition) is 1. The Hall–Kier alpha value is -3.25. The predicted octanol–water partition coefficient (Wildman–Crippen LogP) is 5.40. The summed E-state index contributed by atoms with van der Waals surface area (Å²) < 4.78 is 16.5. The minimum Gasteiger partial charge on any atom is -0.494 e. The van der Waals surface area contributed by atoms with E-state index in [2.05, 4.69) is 15.3 Å². The third-order valence-electron chi connectivity index (χ3n) is 3.80. The van der Waals surface area contributed by atoms with E-state index in [1.165, 1.54) is 6.39 Å². The van der Waals surface area contributed by atoms with Gasteiger partial charge in [0.15, 0.2) is 23.7 Å². The molecule has 0 saturated heterocycles. The zero-order valence-electron chi connectivity index (χ0n) is 13.8. The molecule has 0 unspecified atom stereocenters. The number of nitrogens with one attached hydrogen (secondary N) is 1. The standard InChI is InChI=1S/C19H14ClN3O3/c1-24-18-13(16-9-21-11-25-16)7-8-14(17(18)20)23-19-22-10-15(26-19)12-5-3-2-4-6-12/h2-11H,1H3,(H,22,23). The predicted molar refractivity (Wildman–Crippen MR) is 98.7 cm³/mol. The van der Waals surface area contributed by atoms with Gasteiger partial charge in [0.2, 0.25) is 0 Å². The van der Waals surface area contributed by atoms with E-state index in [-0.39, 0.29) is 0 Å². The van der Waals surface area contributed by atoms with E-state index >= 15 is 0 Å². The summed E-state index contributed by atoms with van der Waals surface area (Å²) in [5, 5.41) is 3.46. The molecule has 26 heavy (non-hydrogen) atoms. The highest BCUT2D eigenvalue weighted by molar-refractivity contribution is 6.35. The lowest BCUT2D eigenvalue weighted by molar-refractivity contribution is 0.415. The highest BCUT2D eigenvalue weighted by Crippen LogP contribution is 2.41. The van der Waals surface area contributed by atoms with Crippen LogP contribution >= 0.6 is 11.6 Å². The van der Waals surface area contributed by atoms with Crippen LogP contribution in [0.1, 0.15) is 0 Å². The summed E-state index contributed by atoms with van der Waals surface area (Å²) in [5.41, 5.74) is 2.25. The zero-order valence-corrected chi connectivity index (χ0v) is 14.5. The topological polar surface area (TPSA) is 73.3 Å². The first-order valence-corrected chi connectivity index (χ1v) is 8.17. The van der Waals surface area contributed by atoms with Crippen molar-refractivity contribution in [1.29, 1.82) is 0 Å². The van der Waals surface area contributed by atoms with E-state index in [0.717, 1.165) is 5.56 Å². The van der Waals surface area contributed by atoms with Gasteiger partial charge in [0.05, 0.1) is 30.8 Å². The number of nitrogens with zero attached hydrogens (tertiary/aromatic N) is 2. The number of anilines is 2. The number of benzene rings is 2. The van der Waals surface area contributed by atoms with Gasteiger partial charge in [0.25, 0.3) is 6.01 Å². The van der Waals surface area contributed by atoms with Gasteiger partial charge in [-0.25, -0.2) is 9.97 Å². The maximum absolute atomic E-state index is 6.49. The molecule has 0 aliphatic carbocycles. The first-order chi connectivity index (χ1) is 12.8. The van der Waals surface area contributed by atoms with Crippen molar-refractivity contribution in [1.82, 2.24) is 9.97 Å². The molecular weight excluding hydrogens is 354 g/mol. The molecule has 2 aromatic heterocycles. The van der Waals surface area contributed by atoms with E-state index in [1.807, 2.05) is 36.4 Å². The van der Waals surface area contributed by atoms with Gasteiger partial charge < -0.3 is 18.9 Å². The van der Waals surface area contributed by atoms with E-state index in [1.54, 1.807) is 25.6 Å². The molecule has 0 aliphatic heterocycles. The molecule has 7 heteroatoms. The van der Waals surface area contributed by atoms with Crippen molar-refractivity contribution in [2.75, 3.05) is 12.4 Å². The first-order valence-electron chi connectivity index (χ1n) is 7.80. The van der Waals surface area contributed by atoms with Crippen molar-refractivity contribution < 1.29 is 13.6 Å². The van der Waals surface area contributed by atoms with Crippen LogP contribution in [0.15, 0.2) is 70.1 Å². The Labute approximate surface area is 154 Å². The summed E-state index contributed by atoms with van der Waals surface area (Å²) in [7, 11) is 1.55. The molecule has 4 aromatic rings. The number of oxazole rings is 2. The smallest absolute Gasteiger partial charge is 0.299 e. The minimum atomic E-state index is 0.334. The highest BCUT2D eigenvalue weighted by atomic mass is 35.5. The number of halogens is 1. The molecule has 0 radical (unpaired) electrons. The summed E-state index contributed by atoms with van der Waals surface area (Å²) in [6.45, 7) is 0. The van der Waals surface area contributed by atoms with Crippen LogP contribution in [0.25, 0.3) is 22.6 Å². The van der Waals surface area contributed by atoms with Gasteiger partial charge in [-0.05, 0) is 12.1 Å². The van der Waals surface area contributed by atoms with Gasteiger partial charge in [-0.2, -0.15) is 0 Å². The number of ether oxygens (including phenoxy) is 1. The summed E-state index contributed by atoms with van der Waals surface area (Å²) in [6.07, 6.45) is 4.61. The Morgan fingerprint density at radius 2 is 1.88 bits per heavy atom. The Morgan fingerprint density at radius 1 is 1.04 bits per heavy atom. The largest absolute Gasteiger partial charge is 0.494 e. The Bertz CT molecular complexity index is 1010. The number of hydrogen-bond acceptors (Lipinski definition) is 6. The van der Waals surface area contributed by atoms with Crippen LogP contribution in [0.5, 0.6) is 5.75 Å². The summed E-state index contributed by atoms with van der Waals surface area (Å²) in [5.74, 6) is 1.70. The van der Waals surface area contributed by atoms with Gasteiger partial charge in [0, 0.05) is 5.56 Å². The van der Waals surface area contributed by atoms with Crippen LogP contribution in [0, 0.1) is 0 Å². The third-order valence-corrected chi connectivity index (χ3v) is 4.18. The van der Waals surface area contributed by atoms with Crippen LogP contribution in [0.3, 0.4) is 0 Å². The van der Waals surface area contributed by atoms with E-state index in [0.29, 0.717) is 39.6 Å². The van der Waals surface area contributed by atoms with Gasteiger partial charge in [-0.3, -0.25) is 0 Å². The van der Waals surface area contributed by atoms with Crippen LogP contribution in [0.2, 0.25) is 5.02 Å². The quantitative estimate of drug-likeness (QED) is 0.509. The molecule has 0 atom stereocenters. The zero-order chi connectivity index (χ0) is 17.9. The van der Waals surface area contributed by atoms with Gasteiger partial charge in [-0.1, -0.05) is 41.9 Å². The summed E-state index contributed by atoms with van der Waals surface area (Å²) >= 11 is 6.49. The van der Waals surface area contributed by atoms with Gasteiger partial charge >= 0.3 is 0 Å². The Kier molecular flexibility index (Phi) is 4.33. The summed E-state index contributed by atoms with van der Waals surface area (Å²) in [6, 6.07) is 13.7. The molecule has 0 amide bonds. The minimum absolute atomic E-state index is 0.334. The molecule has 0 saturated carbocycles. The normalized spacial score (nSPS) is 10.7. The van der Waals surface area contributed by atoms with Crippen molar-refractivity contribution >= 4 is 23.3 Å². The molecule has 4 rings (SSSR count). The summed E-state index contributed by atoms with van der Waals surface area (Å²) in [4.78, 5) is 8.17. The second kappa shape index (κ2) is 6.93. The lowest BCUT2D eigenvalue weighted by atomic mass is 10.1. The molecule has 0 spiro atoms. The first kappa shape index (κ1) is 16.2. The van der Waals surface area contributed by atoms with Crippen molar-refractivity contribution in [3.8, 4) is 28.4 Å². The maximum atomic E-state index is 6.49. The molecule has 2 heterocycles. The fourth-order valence-corrected chi connectivity index (χ4v) is 2.87. The van der Waals surface area contributed by atoms with Crippen LogP contribution in [-0.2, 0) is 0 Å². The van der Waals surface area contributed by atoms with Crippen molar-refractivity contribution in [2.24, 2.45) is 0 Å². The Morgan fingerprint density at radius 3 is 2.62 bits per heavy atom. The highest BCUT2D eigenvalue weighted by Gasteiger charge is 2.17. The van der Waals surface area contributed by atoms with Crippen LogP contribution in [-0.4, -0.2) is 17.1 Å². The average Bonchev–Trinajstić information content (AvgIpc) is 3.36. The fourth-order valence-electron chi connectivity index (χ4n) is 2.58. The third kappa shape index (κ3) is 3.02. The number of aromatic nitrogens is 2. The number of methoxy groups -OCH3 is 1. The Balaban J connectivity index is 1.64. The van der Waals surface area contributed by atoms with Gasteiger partial charge in [-0.15, -0.1) is 0 Å². The van der Waals surface area contributed by atoms with Crippen molar-refractivity contribution in [2.45, 2.75) is 0 Å². The average molecular weight is 368 g/mol. The van der Waals surface area contributed by atoms with E-state index in [9.17, 15) is 0 Å².